The van der Waals surface area contributed by atoms with Crippen molar-refractivity contribution >= 4 is 17.5 Å². The Balaban J connectivity index is 2.13. The topological polar surface area (TPSA) is 85.1 Å². The fraction of sp³-hybridized carbons (Fsp3) is 0.286. The molecule has 4 N–H and O–H groups in total. The highest BCUT2D eigenvalue weighted by Gasteiger charge is 2.04. The molecule has 106 valence electrons. The second-order valence-corrected chi connectivity index (χ2v) is 4.69. The smallest absolute Gasteiger partial charge is 0.239 e. The molecule has 0 fully saturated rings. The van der Waals surface area contributed by atoms with Crippen LogP contribution >= 0.6 is 0 Å². The van der Waals surface area contributed by atoms with E-state index < -0.39 is 0 Å². The summed E-state index contributed by atoms with van der Waals surface area (Å²) in [6.07, 6.45) is 1.87. The lowest BCUT2D eigenvalue weighted by molar-refractivity contribution is 0.242. The number of hydrogen-bond donors (Lipinski definition) is 3. The van der Waals surface area contributed by atoms with Gasteiger partial charge in [0.15, 0.2) is 0 Å². The second-order valence-electron chi connectivity index (χ2n) is 4.69. The summed E-state index contributed by atoms with van der Waals surface area (Å²) in [5.41, 5.74) is 4.29. The Bertz CT molecular complexity index is 568. The Labute approximate surface area is 118 Å². The number of aryl methyl sites for hydroxylation is 1. The quantitative estimate of drug-likeness (QED) is 0.573. The molecule has 1 heterocycles. The molecular formula is C14H19N5O. The number of hydrogen-bond acceptors (Lipinski definition) is 6. The van der Waals surface area contributed by atoms with Gasteiger partial charge >= 0.3 is 0 Å². The van der Waals surface area contributed by atoms with Crippen molar-refractivity contribution in [1.82, 2.24) is 9.97 Å². The fourth-order valence-electron chi connectivity index (χ4n) is 1.66. The molecule has 0 amide bonds. The van der Waals surface area contributed by atoms with E-state index in [9.17, 15) is 0 Å². The van der Waals surface area contributed by atoms with Crippen LogP contribution in [0.1, 0.15) is 19.4 Å². The van der Waals surface area contributed by atoms with Crippen LogP contribution in [-0.2, 0) is 0 Å². The van der Waals surface area contributed by atoms with Gasteiger partial charge < -0.3 is 10.1 Å². The van der Waals surface area contributed by atoms with Crippen molar-refractivity contribution < 1.29 is 4.74 Å². The Morgan fingerprint density at radius 2 is 1.90 bits per heavy atom. The minimum Gasteiger partial charge on any atom is -0.491 e. The zero-order valence-corrected chi connectivity index (χ0v) is 11.8. The number of ether oxygens (including phenoxy) is 1. The first-order valence-electron chi connectivity index (χ1n) is 6.42. The highest BCUT2D eigenvalue weighted by atomic mass is 16.5. The molecule has 0 unspecified atom stereocenters. The van der Waals surface area contributed by atoms with Gasteiger partial charge in [-0.25, -0.2) is 10.8 Å². The van der Waals surface area contributed by atoms with Crippen molar-refractivity contribution in [3.63, 3.8) is 0 Å². The number of nitrogens with zero attached hydrogens (tertiary/aromatic N) is 2. The molecule has 0 bridgehead atoms. The molecule has 20 heavy (non-hydrogen) atoms. The summed E-state index contributed by atoms with van der Waals surface area (Å²) in [6, 6.07) is 7.71. The summed E-state index contributed by atoms with van der Waals surface area (Å²) < 4.78 is 5.60. The standard InChI is InChI=1S/C14H19N5O/c1-9(2)20-12-6-4-11(5-7-12)17-13-10(3)8-16-14(18-13)19-15/h4-9H,15H2,1-3H3,(H2,16,17,18,19). The number of nitrogen functional groups attached to an aromatic ring is 1. The van der Waals surface area contributed by atoms with Crippen LogP contribution in [0.4, 0.5) is 17.5 Å². The predicted octanol–water partition coefficient (Wildman–Crippen LogP) is 2.60. The van der Waals surface area contributed by atoms with Crippen molar-refractivity contribution in [1.29, 1.82) is 0 Å². The zero-order valence-electron chi connectivity index (χ0n) is 11.8. The predicted molar refractivity (Wildman–Crippen MR) is 80.1 cm³/mol. The fourth-order valence-corrected chi connectivity index (χ4v) is 1.66. The Kier molecular flexibility index (Phi) is 4.37. The highest BCUT2D eigenvalue weighted by Crippen LogP contribution is 2.22. The summed E-state index contributed by atoms with van der Waals surface area (Å²) in [5.74, 6) is 7.24. The maximum absolute atomic E-state index is 5.60. The molecule has 2 aromatic rings. The molecule has 0 spiro atoms. The van der Waals surface area contributed by atoms with Gasteiger partial charge in [-0.3, -0.25) is 5.43 Å². The number of nitrogens with two attached hydrogens (primary N) is 1. The number of hydrazine groups is 1. The van der Waals surface area contributed by atoms with Crippen molar-refractivity contribution in [2.24, 2.45) is 5.84 Å². The van der Waals surface area contributed by atoms with E-state index in [0.29, 0.717) is 11.8 Å². The summed E-state index contributed by atoms with van der Waals surface area (Å²) in [6.45, 7) is 5.92. The van der Waals surface area contributed by atoms with E-state index in [1.165, 1.54) is 0 Å². The molecule has 0 aliphatic heterocycles. The van der Waals surface area contributed by atoms with Gasteiger partial charge in [-0.15, -0.1) is 0 Å². The monoisotopic (exact) mass is 273 g/mol. The van der Waals surface area contributed by atoms with E-state index in [4.69, 9.17) is 10.6 Å². The summed E-state index contributed by atoms with van der Waals surface area (Å²) in [4.78, 5) is 8.31. The minimum absolute atomic E-state index is 0.163. The van der Waals surface area contributed by atoms with Crippen LogP contribution in [0.15, 0.2) is 30.5 Å². The highest BCUT2D eigenvalue weighted by molar-refractivity contribution is 5.60. The summed E-state index contributed by atoms with van der Waals surface area (Å²) in [5, 5.41) is 3.23. The third kappa shape index (κ3) is 3.58. The van der Waals surface area contributed by atoms with Crippen LogP contribution in [0, 0.1) is 6.92 Å². The Hall–Kier alpha value is -2.34. The number of nitrogens with one attached hydrogen (secondary N) is 2. The molecule has 2 rings (SSSR count). The Morgan fingerprint density at radius 1 is 1.20 bits per heavy atom. The molecule has 0 aliphatic carbocycles. The van der Waals surface area contributed by atoms with Crippen LogP contribution in [0.5, 0.6) is 5.75 Å². The SMILES string of the molecule is Cc1cnc(NN)nc1Nc1ccc(OC(C)C)cc1. The zero-order chi connectivity index (χ0) is 14.5. The first-order chi connectivity index (χ1) is 9.58. The first kappa shape index (κ1) is 14.1. The van der Waals surface area contributed by atoms with Gasteiger partial charge in [0.1, 0.15) is 11.6 Å². The summed E-state index contributed by atoms with van der Waals surface area (Å²) >= 11 is 0. The minimum atomic E-state index is 0.163. The maximum Gasteiger partial charge on any atom is 0.239 e. The van der Waals surface area contributed by atoms with Crippen LogP contribution in [-0.4, -0.2) is 16.1 Å². The van der Waals surface area contributed by atoms with Crippen LogP contribution in [0.25, 0.3) is 0 Å². The lowest BCUT2D eigenvalue weighted by Crippen LogP contribution is -2.11. The number of aromatic nitrogens is 2. The number of rotatable bonds is 5. The second kappa shape index (κ2) is 6.21. The molecular weight excluding hydrogens is 254 g/mol. The van der Waals surface area contributed by atoms with Gasteiger partial charge in [0.25, 0.3) is 0 Å². The van der Waals surface area contributed by atoms with Crippen molar-refractivity contribution in [3.05, 3.63) is 36.0 Å². The van der Waals surface area contributed by atoms with Gasteiger partial charge in [-0.1, -0.05) is 0 Å². The third-order valence-corrected chi connectivity index (χ3v) is 2.59. The van der Waals surface area contributed by atoms with Gasteiger partial charge in [-0.05, 0) is 45.0 Å². The average molecular weight is 273 g/mol. The first-order valence-corrected chi connectivity index (χ1v) is 6.42. The van der Waals surface area contributed by atoms with Gasteiger partial charge in [0.05, 0.1) is 6.10 Å². The maximum atomic E-state index is 5.60. The molecule has 0 radical (unpaired) electrons. The molecule has 1 aromatic heterocycles. The number of anilines is 3. The van der Waals surface area contributed by atoms with Crippen LogP contribution in [0.3, 0.4) is 0 Å². The molecule has 6 heteroatoms. The van der Waals surface area contributed by atoms with Crippen molar-refractivity contribution in [3.8, 4) is 5.75 Å². The van der Waals surface area contributed by atoms with Crippen LogP contribution < -0.4 is 21.3 Å². The van der Waals surface area contributed by atoms with Crippen molar-refractivity contribution in [2.75, 3.05) is 10.7 Å². The van der Waals surface area contributed by atoms with Crippen molar-refractivity contribution in [2.45, 2.75) is 26.9 Å². The van der Waals surface area contributed by atoms with E-state index in [0.717, 1.165) is 17.0 Å². The van der Waals surface area contributed by atoms with Gasteiger partial charge in [0.2, 0.25) is 5.95 Å². The molecule has 0 saturated heterocycles. The normalized spacial score (nSPS) is 10.4. The molecule has 1 aromatic carbocycles. The Morgan fingerprint density at radius 3 is 2.50 bits per heavy atom. The summed E-state index contributed by atoms with van der Waals surface area (Å²) in [7, 11) is 0. The molecule has 0 aliphatic rings. The van der Waals surface area contributed by atoms with E-state index >= 15 is 0 Å². The van der Waals surface area contributed by atoms with E-state index in [-0.39, 0.29) is 6.10 Å². The van der Waals surface area contributed by atoms with E-state index in [1.54, 1.807) is 6.20 Å². The molecule has 6 nitrogen and oxygen atoms in total. The van der Waals surface area contributed by atoms with Gasteiger partial charge in [-0.2, -0.15) is 4.98 Å². The average Bonchev–Trinajstić information content (AvgIpc) is 2.43. The molecule has 0 atom stereocenters. The van der Waals surface area contributed by atoms with Gasteiger partial charge in [0, 0.05) is 17.4 Å². The lowest BCUT2D eigenvalue weighted by atomic mass is 10.2. The third-order valence-electron chi connectivity index (χ3n) is 2.59. The lowest BCUT2D eigenvalue weighted by Gasteiger charge is -2.12. The molecule has 0 saturated carbocycles. The largest absolute Gasteiger partial charge is 0.491 e. The van der Waals surface area contributed by atoms with E-state index in [1.807, 2.05) is 45.0 Å². The van der Waals surface area contributed by atoms with Crippen LogP contribution in [0.2, 0.25) is 0 Å². The van der Waals surface area contributed by atoms with E-state index in [2.05, 4.69) is 20.7 Å². The number of benzene rings is 1.